The van der Waals surface area contributed by atoms with Crippen molar-refractivity contribution in [3.63, 3.8) is 0 Å². The molecule has 0 fully saturated rings. The Morgan fingerprint density at radius 3 is 2.71 bits per heavy atom. The van der Waals surface area contributed by atoms with Gasteiger partial charge in [-0.25, -0.2) is 0 Å². The lowest BCUT2D eigenvalue weighted by Gasteiger charge is -2.11. The monoisotopic (exact) mass is 234 g/mol. The summed E-state index contributed by atoms with van der Waals surface area (Å²) in [6, 6.07) is 5.46. The fraction of sp³-hybridized carbons (Fsp3) is 0.182. The number of aliphatic carboxylic acids is 1. The van der Waals surface area contributed by atoms with Crippen LogP contribution in [0.25, 0.3) is 0 Å². The first-order chi connectivity index (χ1) is 8.08. The highest BCUT2D eigenvalue weighted by atomic mass is 16.4. The Hall–Kier alpha value is -2.37. The summed E-state index contributed by atoms with van der Waals surface area (Å²) in [7, 11) is 0. The smallest absolute Gasteiger partial charge is 0.305 e. The van der Waals surface area contributed by atoms with E-state index in [1.165, 1.54) is 0 Å². The Morgan fingerprint density at radius 2 is 2.00 bits per heavy atom. The summed E-state index contributed by atoms with van der Waals surface area (Å²) in [6.07, 6.45) is -0.439. The van der Waals surface area contributed by atoms with Gasteiger partial charge in [0.15, 0.2) is 0 Å². The van der Waals surface area contributed by atoms with Gasteiger partial charge in [-0.3, -0.25) is 14.4 Å². The summed E-state index contributed by atoms with van der Waals surface area (Å²) in [5.41, 5.74) is 0.719. The van der Waals surface area contributed by atoms with Gasteiger partial charge >= 0.3 is 5.97 Å². The Morgan fingerprint density at radius 1 is 1.29 bits per heavy atom. The van der Waals surface area contributed by atoms with E-state index in [1.807, 2.05) is 0 Å². The molecule has 6 heteroatoms. The number of rotatable bonds is 2. The summed E-state index contributed by atoms with van der Waals surface area (Å²) in [6.45, 7) is 0. The summed E-state index contributed by atoms with van der Waals surface area (Å²) >= 11 is 0. The predicted molar refractivity (Wildman–Crippen MR) is 58.6 cm³/mol. The summed E-state index contributed by atoms with van der Waals surface area (Å²) in [5.74, 6) is -2.12. The maximum Gasteiger partial charge on any atom is 0.305 e. The molecule has 0 saturated heterocycles. The third-order valence-electron chi connectivity index (χ3n) is 2.43. The molecule has 0 saturated carbocycles. The zero-order valence-electron chi connectivity index (χ0n) is 8.77. The van der Waals surface area contributed by atoms with Crippen molar-refractivity contribution in [1.29, 1.82) is 0 Å². The van der Waals surface area contributed by atoms with Gasteiger partial charge in [0.1, 0.15) is 6.04 Å². The van der Waals surface area contributed by atoms with E-state index in [4.69, 9.17) is 5.11 Å². The van der Waals surface area contributed by atoms with Crippen LogP contribution in [-0.4, -0.2) is 28.9 Å². The molecule has 88 valence electrons. The molecule has 0 radical (unpaired) electrons. The molecule has 17 heavy (non-hydrogen) atoms. The molecule has 0 spiro atoms. The van der Waals surface area contributed by atoms with E-state index in [0.29, 0.717) is 11.3 Å². The largest absolute Gasteiger partial charge is 0.481 e. The van der Waals surface area contributed by atoms with Crippen LogP contribution in [0.4, 0.5) is 5.69 Å². The quantitative estimate of drug-likeness (QED) is 0.681. The van der Waals surface area contributed by atoms with Gasteiger partial charge in [-0.05, 0) is 12.1 Å². The molecular weight excluding hydrogens is 224 g/mol. The van der Waals surface area contributed by atoms with Crippen LogP contribution in [0.2, 0.25) is 0 Å². The summed E-state index contributed by atoms with van der Waals surface area (Å²) in [4.78, 5) is 34.0. The zero-order chi connectivity index (χ0) is 12.4. The molecule has 1 heterocycles. The van der Waals surface area contributed by atoms with Crippen LogP contribution in [0.1, 0.15) is 16.8 Å². The average molecular weight is 234 g/mol. The maximum absolute atomic E-state index is 11.7. The number of anilines is 1. The zero-order valence-corrected chi connectivity index (χ0v) is 8.77. The molecule has 1 aliphatic rings. The lowest BCUT2D eigenvalue weighted by Crippen LogP contribution is -2.42. The Kier molecular flexibility index (Phi) is 2.78. The second-order valence-electron chi connectivity index (χ2n) is 3.66. The number of fused-ring (bicyclic) bond motifs is 1. The van der Waals surface area contributed by atoms with Crippen LogP contribution in [-0.2, 0) is 9.59 Å². The Bertz CT molecular complexity index is 498. The van der Waals surface area contributed by atoms with Crippen LogP contribution in [0.15, 0.2) is 24.3 Å². The highest BCUT2D eigenvalue weighted by molar-refractivity contribution is 6.10. The van der Waals surface area contributed by atoms with Crippen molar-refractivity contribution < 1.29 is 19.5 Å². The fourth-order valence-electron chi connectivity index (χ4n) is 1.63. The van der Waals surface area contributed by atoms with Gasteiger partial charge in [-0.15, -0.1) is 0 Å². The first-order valence-corrected chi connectivity index (χ1v) is 5.00. The minimum Gasteiger partial charge on any atom is -0.481 e. The van der Waals surface area contributed by atoms with Crippen LogP contribution >= 0.6 is 0 Å². The minimum atomic E-state index is -1.14. The summed E-state index contributed by atoms with van der Waals surface area (Å²) < 4.78 is 0. The Labute approximate surface area is 96.6 Å². The van der Waals surface area contributed by atoms with Gasteiger partial charge in [0.2, 0.25) is 5.91 Å². The number of carboxylic acid groups (broad SMARTS) is 1. The second-order valence-corrected chi connectivity index (χ2v) is 3.66. The lowest BCUT2D eigenvalue weighted by molar-refractivity contribution is -0.139. The number of benzene rings is 1. The van der Waals surface area contributed by atoms with E-state index in [1.54, 1.807) is 24.3 Å². The van der Waals surface area contributed by atoms with Gasteiger partial charge in [-0.1, -0.05) is 12.1 Å². The van der Waals surface area contributed by atoms with E-state index in [-0.39, 0.29) is 0 Å². The number of carbonyl (C=O) groups excluding carboxylic acids is 2. The topological polar surface area (TPSA) is 95.5 Å². The molecule has 0 aromatic heterocycles. The molecule has 6 nitrogen and oxygen atoms in total. The van der Waals surface area contributed by atoms with Gasteiger partial charge in [-0.2, -0.15) is 0 Å². The molecule has 2 amide bonds. The molecule has 3 N–H and O–H groups in total. The molecule has 1 unspecified atom stereocenters. The third kappa shape index (κ3) is 2.25. The van der Waals surface area contributed by atoms with Crippen LogP contribution in [0.3, 0.4) is 0 Å². The minimum absolute atomic E-state index is 0.328. The van der Waals surface area contributed by atoms with Crippen molar-refractivity contribution in [2.45, 2.75) is 12.5 Å². The normalized spacial score (nSPS) is 18.7. The molecule has 2 rings (SSSR count). The Balaban J connectivity index is 2.31. The highest BCUT2D eigenvalue weighted by Gasteiger charge is 2.28. The van der Waals surface area contributed by atoms with Crippen molar-refractivity contribution in [2.75, 3.05) is 5.32 Å². The number of hydrogen-bond acceptors (Lipinski definition) is 3. The van der Waals surface area contributed by atoms with E-state index in [9.17, 15) is 14.4 Å². The highest BCUT2D eigenvalue weighted by Crippen LogP contribution is 2.18. The van der Waals surface area contributed by atoms with E-state index in [0.717, 1.165) is 0 Å². The number of hydrogen-bond donors (Lipinski definition) is 3. The van der Waals surface area contributed by atoms with E-state index in [2.05, 4.69) is 10.6 Å². The van der Waals surface area contributed by atoms with Gasteiger partial charge in [0, 0.05) is 0 Å². The van der Waals surface area contributed by atoms with Crippen molar-refractivity contribution >= 4 is 23.5 Å². The molecular formula is C11H10N2O4. The van der Waals surface area contributed by atoms with Crippen LogP contribution in [0.5, 0.6) is 0 Å². The fourth-order valence-corrected chi connectivity index (χ4v) is 1.63. The van der Waals surface area contributed by atoms with Crippen molar-refractivity contribution in [2.24, 2.45) is 0 Å². The second kappa shape index (κ2) is 4.25. The van der Waals surface area contributed by atoms with E-state index < -0.39 is 30.2 Å². The van der Waals surface area contributed by atoms with Crippen LogP contribution in [0, 0.1) is 0 Å². The molecule has 0 aliphatic carbocycles. The molecule has 1 atom stereocenters. The SMILES string of the molecule is O=C(O)CC1NC(=O)c2ccccc2NC1=O. The predicted octanol–water partition coefficient (Wildman–Crippen LogP) is 0.212. The summed E-state index contributed by atoms with van der Waals surface area (Å²) in [5, 5.41) is 13.6. The standard InChI is InChI=1S/C11H10N2O4/c14-9(15)5-8-11(17)12-7-4-2-1-3-6(7)10(16)13-8/h1-4,8H,5H2,(H,12,17)(H,13,16)(H,14,15). The number of nitrogens with one attached hydrogen (secondary N) is 2. The number of carboxylic acids is 1. The first-order valence-electron chi connectivity index (χ1n) is 5.00. The molecule has 1 aliphatic heterocycles. The molecule has 1 aromatic carbocycles. The lowest BCUT2D eigenvalue weighted by atomic mass is 10.1. The number of amides is 2. The number of para-hydroxylation sites is 1. The van der Waals surface area contributed by atoms with Crippen molar-refractivity contribution in [1.82, 2.24) is 5.32 Å². The van der Waals surface area contributed by atoms with Crippen LogP contribution < -0.4 is 10.6 Å². The van der Waals surface area contributed by atoms with Crippen molar-refractivity contribution in [3.05, 3.63) is 29.8 Å². The maximum atomic E-state index is 11.7. The molecule has 1 aromatic rings. The van der Waals surface area contributed by atoms with Crippen molar-refractivity contribution in [3.8, 4) is 0 Å². The molecule has 0 bridgehead atoms. The van der Waals surface area contributed by atoms with Gasteiger partial charge in [0.25, 0.3) is 5.91 Å². The van der Waals surface area contributed by atoms with E-state index >= 15 is 0 Å². The number of carbonyl (C=O) groups is 3. The first kappa shape index (κ1) is 11.1. The van der Waals surface area contributed by atoms with Gasteiger partial charge in [0.05, 0.1) is 17.7 Å². The average Bonchev–Trinajstić information content (AvgIpc) is 2.38. The third-order valence-corrected chi connectivity index (χ3v) is 2.43. The van der Waals surface area contributed by atoms with Gasteiger partial charge < -0.3 is 15.7 Å².